The largest absolute Gasteiger partial charge is 0.469 e. The summed E-state index contributed by atoms with van der Waals surface area (Å²) in [5.41, 5.74) is 0. The van der Waals surface area contributed by atoms with Gasteiger partial charge in [-0.1, -0.05) is 6.92 Å². The van der Waals surface area contributed by atoms with Gasteiger partial charge in [0, 0.05) is 0 Å². The van der Waals surface area contributed by atoms with Crippen LogP contribution in [-0.2, 0) is 14.3 Å². The van der Waals surface area contributed by atoms with Gasteiger partial charge in [-0.2, -0.15) is 0 Å². The van der Waals surface area contributed by atoms with Gasteiger partial charge in [0.1, 0.15) is 0 Å². The lowest BCUT2D eigenvalue weighted by Crippen LogP contribution is -2.27. The summed E-state index contributed by atoms with van der Waals surface area (Å²) in [5.74, 6) is -0.435. The molecule has 0 aliphatic carbocycles. The summed E-state index contributed by atoms with van der Waals surface area (Å²) in [7, 11) is 1.39. The highest BCUT2D eigenvalue weighted by Gasteiger charge is 2.33. The Balaban J connectivity index is 2.37. The minimum atomic E-state index is -0.294. The highest BCUT2D eigenvalue weighted by molar-refractivity contribution is 5.72. The van der Waals surface area contributed by atoms with Crippen LogP contribution in [0.2, 0.25) is 0 Å². The first-order valence-corrected chi connectivity index (χ1v) is 5.99. The Morgan fingerprint density at radius 1 is 1.56 bits per heavy atom. The van der Waals surface area contributed by atoms with Crippen LogP contribution in [0, 0.1) is 5.92 Å². The van der Waals surface area contributed by atoms with E-state index >= 15 is 0 Å². The zero-order valence-electron chi connectivity index (χ0n) is 10.3. The van der Waals surface area contributed by atoms with Gasteiger partial charge in [0.15, 0.2) is 0 Å². The van der Waals surface area contributed by atoms with Gasteiger partial charge in [0.25, 0.3) is 0 Å². The lowest BCUT2D eigenvalue weighted by molar-refractivity contribution is -0.150. The van der Waals surface area contributed by atoms with E-state index in [1.54, 1.807) is 0 Å². The SMILES string of the molecule is CC[C@H](O)CC1CCC(C(C)C(=O)OC)O1. The summed E-state index contributed by atoms with van der Waals surface area (Å²) in [6.07, 6.45) is 2.95. The van der Waals surface area contributed by atoms with Crippen molar-refractivity contribution in [2.45, 2.75) is 57.8 Å². The number of hydrogen-bond acceptors (Lipinski definition) is 4. The molecule has 1 N–H and O–H groups in total. The number of carbonyl (C=O) groups excluding carboxylic acids is 1. The normalized spacial score (nSPS) is 28.8. The monoisotopic (exact) mass is 230 g/mol. The van der Waals surface area contributed by atoms with Crippen molar-refractivity contribution in [2.24, 2.45) is 5.92 Å². The van der Waals surface area contributed by atoms with Gasteiger partial charge in [-0.25, -0.2) is 0 Å². The minimum Gasteiger partial charge on any atom is -0.469 e. The smallest absolute Gasteiger partial charge is 0.311 e. The second-order valence-electron chi connectivity index (χ2n) is 4.48. The number of rotatable bonds is 5. The fourth-order valence-electron chi connectivity index (χ4n) is 2.08. The van der Waals surface area contributed by atoms with E-state index in [1.165, 1.54) is 7.11 Å². The molecule has 4 atom stereocenters. The fourth-order valence-corrected chi connectivity index (χ4v) is 2.08. The summed E-state index contributed by atoms with van der Waals surface area (Å²) in [6, 6.07) is 0. The molecule has 1 saturated heterocycles. The van der Waals surface area contributed by atoms with Gasteiger partial charge in [0.2, 0.25) is 0 Å². The molecule has 0 radical (unpaired) electrons. The maximum absolute atomic E-state index is 11.3. The zero-order valence-corrected chi connectivity index (χ0v) is 10.3. The summed E-state index contributed by atoms with van der Waals surface area (Å²) in [6.45, 7) is 3.78. The molecule has 0 saturated carbocycles. The minimum absolute atomic E-state index is 0.0542. The highest BCUT2D eigenvalue weighted by atomic mass is 16.5. The molecule has 4 heteroatoms. The van der Waals surface area contributed by atoms with Crippen LogP contribution in [-0.4, -0.2) is 36.5 Å². The van der Waals surface area contributed by atoms with E-state index in [1.807, 2.05) is 13.8 Å². The zero-order chi connectivity index (χ0) is 12.1. The van der Waals surface area contributed by atoms with E-state index in [9.17, 15) is 9.90 Å². The Morgan fingerprint density at radius 2 is 2.25 bits per heavy atom. The quantitative estimate of drug-likeness (QED) is 0.727. The molecule has 1 heterocycles. The van der Waals surface area contributed by atoms with E-state index < -0.39 is 0 Å². The molecule has 0 aromatic heterocycles. The lowest BCUT2D eigenvalue weighted by atomic mass is 10.0. The van der Waals surface area contributed by atoms with Gasteiger partial charge in [0.05, 0.1) is 31.3 Å². The third-order valence-electron chi connectivity index (χ3n) is 3.28. The number of methoxy groups -OCH3 is 1. The predicted octanol–water partition coefficient (Wildman–Crippen LogP) is 1.50. The first kappa shape index (κ1) is 13.5. The third kappa shape index (κ3) is 3.46. The van der Waals surface area contributed by atoms with Crippen LogP contribution in [0.1, 0.15) is 39.5 Å². The van der Waals surface area contributed by atoms with Crippen LogP contribution >= 0.6 is 0 Å². The molecule has 1 aliphatic rings. The second-order valence-corrected chi connectivity index (χ2v) is 4.48. The van der Waals surface area contributed by atoms with E-state index in [-0.39, 0.29) is 30.2 Å². The Hall–Kier alpha value is -0.610. The Labute approximate surface area is 96.9 Å². The number of ether oxygens (including phenoxy) is 2. The van der Waals surface area contributed by atoms with Crippen LogP contribution in [0.3, 0.4) is 0 Å². The standard InChI is InChI=1S/C12H22O4/c1-4-9(13)7-10-5-6-11(16-10)8(2)12(14)15-3/h8-11,13H,4-7H2,1-3H3/t8?,9-,10?,11?/m0/s1. The number of esters is 1. The molecule has 0 spiro atoms. The third-order valence-corrected chi connectivity index (χ3v) is 3.28. The fraction of sp³-hybridized carbons (Fsp3) is 0.917. The number of carbonyl (C=O) groups is 1. The van der Waals surface area contributed by atoms with Crippen molar-refractivity contribution in [3.8, 4) is 0 Å². The molecule has 1 aliphatic heterocycles. The number of aliphatic hydroxyl groups excluding tert-OH is 1. The number of aliphatic hydroxyl groups is 1. The summed E-state index contributed by atoms with van der Waals surface area (Å²) in [5, 5.41) is 9.53. The van der Waals surface area contributed by atoms with Gasteiger partial charge >= 0.3 is 5.97 Å². The van der Waals surface area contributed by atoms with Crippen LogP contribution in [0.25, 0.3) is 0 Å². The van der Waals surface area contributed by atoms with Crippen LogP contribution in [0.5, 0.6) is 0 Å². The van der Waals surface area contributed by atoms with Gasteiger partial charge < -0.3 is 14.6 Å². The average molecular weight is 230 g/mol. The molecule has 3 unspecified atom stereocenters. The molecular formula is C12H22O4. The number of hydrogen-bond donors (Lipinski definition) is 1. The summed E-state index contributed by atoms with van der Waals surface area (Å²) in [4.78, 5) is 11.3. The van der Waals surface area contributed by atoms with Gasteiger partial charge in [-0.3, -0.25) is 4.79 Å². The maximum Gasteiger partial charge on any atom is 0.311 e. The topological polar surface area (TPSA) is 55.8 Å². The first-order chi connectivity index (χ1) is 7.58. The van der Waals surface area contributed by atoms with Gasteiger partial charge in [-0.15, -0.1) is 0 Å². The molecular weight excluding hydrogens is 208 g/mol. The molecule has 4 nitrogen and oxygen atoms in total. The van der Waals surface area contributed by atoms with Crippen molar-refractivity contribution < 1.29 is 19.4 Å². The molecule has 0 aromatic rings. The van der Waals surface area contributed by atoms with Crippen molar-refractivity contribution in [1.29, 1.82) is 0 Å². The van der Waals surface area contributed by atoms with E-state index in [2.05, 4.69) is 0 Å². The Bertz CT molecular complexity index is 229. The van der Waals surface area contributed by atoms with Crippen molar-refractivity contribution in [1.82, 2.24) is 0 Å². The molecule has 1 fully saturated rings. The van der Waals surface area contributed by atoms with E-state index in [4.69, 9.17) is 9.47 Å². The summed E-state index contributed by atoms with van der Waals surface area (Å²) >= 11 is 0. The molecule has 16 heavy (non-hydrogen) atoms. The molecule has 1 rings (SSSR count). The Kier molecular flexibility index (Phi) is 5.22. The van der Waals surface area contributed by atoms with Crippen LogP contribution < -0.4 is 0 Å². The summed E-state index contributed by atoms with van der Waals surface area (Å²) < 4.78 is 10.5. The van der Waals surface area contributed by atoms with Crippen LogP contribution in [0.4, 0.5) is 0 Å². The lowest BCUT2D eigenvalue weighted by Gasteiger charge is -2.19. The molecule has 94 valence electrons. The van der Waals surface area contributed by atoms with Crippen LogP contribution in [0.15, 0.2) is 0 Å². The Morgan fingerprint density at radius 3 is 2.81 bits per heavy atom. The average Bonchev–Trinajstić information content (AvgIpc) is 2.75. The van der Waals surface area contributed by atoms with E-state index in [0.717, 1.165) is 19.3 Å². The van der Waals surface area contributed by atoms with E-state index in [0.29, 0.717) is 6.42 Å². The van der Waals surface area contributed by atoms with Crippen molar-refractivity contribution in [3.05, 3.63) is 0 Å². The van der Waals surface area contributed by atoms with Crippen molar-refractivity contribution in [2.75, 3.05) is 7.11 Å². The predicted molar refractivity (Wildman–Crippen MR) is 60.0 cm³/mol. The second kappa shape index (κ2) is 6.21. The molecule has 0 bridgehead atoms. The van der Waals surface area contributed by atoms with Gasteiger partial charge in [-0.05, 0) is 32.6 Å². The maximum atomic E-state index is 11.3. The first-order valence-electron chi connectivity index (χ1n) is 5.99. The highest BCUT2D eigenvalue weighted by Crippen LogP contribution is 2.28. The molecule has 0 aromatic carbocycles. The van der Waals surface area contributed by atoms with Crippen molar-refractivity contribution in [3.63, 3.8) is 0 Å². The molecule has 0 amide bonds. The van der Waals surface area contributed by atoms with Crippen molar-refractivity contribution >= 4 is 5.97 Å².